The van der Waals surface area contributed by atoms with Crippen LogP contribution in [0.3, 0.4) is 0 Å². The lowest BCUT2D eigenvalue weighted by atomic mass is 9.94. The first-order valence-corrected chi connectivity index (χ1v) is 12.2. The van der Waals surface area contributed by atoms with Crippen LogP contribution in [0, 0.1) is 18.3 Å². The summed E-state index contributed by atoms with van der Waals surface area (Å²) in [6.07, 6.45) is 3.79. The van der Waals surface area contributed by atoms with E-state index in [1.165, 1.54) is 11.2 Å². The van der Waals surface area contributed by atoms with E-state index in [0.717, 1.165) is 18.5 Å². The van der Waals surface area contributed by atoms with Crippen molar-refractivity contribution in [2.24, 2.45) is 17.6 Å². The second-order valence-corrected chi connectivity index (χ2v) is 9.75. The molecule has 35 heavy (non-hydrogen) atoms. The quantitative estimate of drug-likeness (QED) is 0.605. The van der Waals surface area contributed by atoms with Crippen LogP contribution in [0.2, 0.25) is 0 Å². The van der Waals surface area contributed by atoms with Crippen molar-refractivity contribution < 1.29 is 23.9 Å². The molecule has 3 saturated heterocycles. The zero-order valence-electron chi connectivity index (χ0n) is 19.5. The number of aliphatic hydroxyl groups is 1. The van der Waals surface area contributed by atoms with Crippen LogP contribution < -0.4 is 5.73 Å². The summed E-state index contributed by atoms with van der Waals surface area (Å²) in [4.78, 5) is 44.0. The molecule has 0 saturated carbocycles. The van der Waals surface area contributed by atoms with Crippen LogP contribution in [-0.4, -0.2) is 88.4 Å². The number of benzene rings is 1. The molecule has 3 aliphatic heterocycles. The molecule has 4 heterocycles. The number of carbonyl (C=O) groups is 3. The lowest BCUT2D eigenvalue weighted by Crippen LogP contribution is -2.50. The van der Waals surface area contributed by atoms with Gasteiger partial charge in [-0.15, -0.1) is 0 Å². The molecule has 0 bridgehead atoms. The molecule has 3 amide bonds. The fourth-order valence-corrected chi connectivity index (χ4v) is 5.95. The van der Waals surface area contributed by atoms with Gasteiger partial charge in [0.05, 0.1) is 18.4 Å². The number of nitrogens with two attached hydrogens (primary N) is 1. The lowest BCUT2D eigenvalue weighted by molar-refractivity contribution is -0.135. The molecule has 3 aliphatic rings. The molecule has 3 fully saturated rings. The van der Waals surface area contributed by atoms with Crippen LogP contribution in [0.4, 0.5) is 0 Å². The van der Waals surface area contributed by atoms with E-state index in [1.54, 1.807) is 17.0 Å². The number of furan rings is 1. The van der Waals surface area contributed by atoms with Crippen LogP contribution in [0.25, 0.3) is 0 Å². The number of hydrogen-bond acceptors (Lipinski definition) is 6. The van der Waals surface area contributed by atoms with Gasteiger partial charge in [-0.1, -0.05) is 30.3 Å². The Bertz CT molecular complexity index is 1060. The van der Waals surface area contributed by atoms with Crippen molar-refractivity contribution in [2.75, 3.05) is 32.7 Å². The summed E-state index contributed by atoms with van der Waals surface area (Å²) in [7, 11) is 0. The van der Waals surface area contributed by atoms with Crippen molar-refractivity contribution in [2.45, 2.75) is 31.0 Å². The van der Waals surface area contributed by atoms with Gasteiger partial charge in [0.15, 0.2) is 5.76 Å². The van der Waals surface area contributed by atoms with Crippen LogP contribution in [0.15, 0.2) is 53.1 Å². The van der Waals surface area contributed by atoms with Gasteiger partial charge in [-0.25, -0.2) is 0 Å². The third-order valence-electron chi connectivity index (χ3n) is 7.52. The highest BCUT2D eigenvalue weighted by Gasteiger charge is 2.52. The van der Waals surface area contributed by atoms with Crippen molar-refractivity contribution in [1.82, 2.24) is 14.7 Å². The van der Waals surface area contributed by atoms with Crippen LogP contribution in [0.5, 0.6) is 0 Å². The molecule has 1 aromatic heterocycles. The van der Waals surface area contributed by atoms with E-state index >= 15 is 0 Å². The van der Waals surface area contributed by atoms with Crippen molar-refractivity contribution in [3.8, 4) is 0 Å². The highest BCUT2D eigenvalue weighted by atomic mass is 16.3. The Labute approximate surface area is 204 Å². The Hall–Kier alpha value is -3.17. The SMILES string of the molecule is NC(=O)C1C2CN(C(=O)C3C[C@H](O)CN3C(=O)c3ccco3)CC2CN1CC[CH]c1ccccc1. The van der Waals surface area contributed by atoms with Crippen molar-refractivity contribution in [3.05, 3.63) is 66.5 Å². The molecule has 1 aromatic carbocycles. The van der Waals surface area contributed by atoms with E-state index < -0.39 is 24.1 Å². The minimum atomic E-state index is -0.764. The predicted molar refractivity (Wildman–Crippen MR) is 127 cm³/mol. The topological polar surface area (TPSA) is 120 Å². The first-order valence-electron chi connectivity index (χ1n) is 12.2. The summed E-state index contributed by atoms with van der Waals surface area (Å²) in [5.74, 6) is -0.699. The number of aliphatic hydroxyl groups excluding tert-OH is 1. The Kier molecular flexibility index (Phi) is 6.62. The molecular formula is C26H31N4O5. The minimum absolute atomic E-state index is 0.0336. The summed E-state index contributed by atoms with van der Waals surface area (Å²) < 4.78 is 5.21. The number of likely N-dealkylation sites (tertiary alicyclic amines) is 3. The number of rotatable bonds is 7. The van der Waals surface area contributed by atoms with Gasteiger partial charge in [-0.3, -0.25) is 19.3 Å². The average Bonchev–Trinajstić information content (AvgIpc) is 3.62. The smallest absolute Gasteiger partial charge is 0.290 e. The number of hydrogen-bond donors (Lipinski definition) is 2. The van der Waals surface area contributed by atoms with Gasteiger partial charge in [0.25, 0.3) is 5.91 Å². The van der Waals surface area contributed by atoms with Gasteiger partial charge in [-0.05, 0) is 43.0 Å². The normalized spacial score (nSPS) is 28.4. The standard InChI is InChI=1S/C26H31N4O5/c27-24(32)23-20-16-29(14-18(20)13-28(23)10-4-8-17-6-2-1-3-7-17)25(33)21-12-19(31)15-30(21)26(34)22-9-5-11-35-22/h1-3,5-9,11,18-21,23,31H,4,10,12-16H2,(H2,27,32)/t18?,19-,20?,21?,23?/m0/s1. The molecular weight excluding hydrogens is 448 g/mol. The second kappa shape index (κ2) is 9.83. The van der Waals surface area contributed by atoms with E-state index in [0.29, 0.717) is 19.6 Å². The van der Waals surface area contributed by atoms with E-state index in [2.05, 4.69) is 11.3 Å². The number of β-amino-alcohol motifs (C(OH)–C–C–N with tert-alkyl or cyclic N) is 1. The first kappa shape index (κ1) is 23.6. The van der Waals surface area contributed by atoms with Gasteiger partial charge in [0.2, 0.25) is 11.8 Å². The maximum absolute atomic E-state index is 13.5. The molecule has 0 spiro atoms. The van der Waals surface area contributed by atoms with Crippen molar-refractivity contribution >= 4 is 17.7 Å². The highest BCUT2D eigenvalue weighted by Crippen LogP contribution is 2.37. The van der Waals surface area contributed by atoms with E-state index in [9.17, 15) is 19.5 Å². The Morgan fingerprint density at radius 1 is 1.06 bits per heavy atom. The third-order valence-corrected chi connectivity index (χ3v) is 7.52. The van der Waals surface area contributed by atoms with Gasteiger partial charge >= 0.3 is 0 Å². The van der Waals surface area contributed by atoms with Crippen LogP contribution >= 0.6 is 0 Å². The largest absolute Gasteiger partial charge is 0.459 e. The molecule has 5 atom stereocenters. The van der Waals surface area contributed by atoms with E-state index in [1.807, 2.05) is 30.3 Å². The van der Waals surface area contributed by atoms with Gasteiger partial charge < -0.3 is 25.1 Å². The minimum Gasteiger partial charge on any atom is -0.459 e. The molecule has 9 heteroatoms. The van der Waals surface area contributed by atoms with E-state index in [-0.39, 0.29) is 42.4 Å². The van der Waals surface area contributed by atoms with E-state index in [4.69, 9.17) is 10.2 Å². The maximum atomic E-state index is 13.5. The van der Waals surface area contributed by atoms with Crippen molar-refractivity contribution in [3.63, 3.8) is 0 Å². The first-order chi connectivity index (χ1) is 16.9. The number of amides is 3. The van der Waals surface area contributed by atoms with Crippen molar-refractivity contribution in [1.29, 1.82) is 0 Å². The zero-order chi connectivity index (χ0) is 24.5. The molecule has 5 rings (SSSR count). The highest BCUT2D eigenvalue weighted by molar-refractivity contribution is 5.96. The Morgan fingerprint density at radius 2 is 1.86 bits per heavy atom. The summed E-state index contributed by atoms with van der Waals surface area (Å²) >= 11 is 0. The summed E-state index contributed by atoms with van der Waals surface area (Å²) in [6.45, 7) is 2.45. The van der Waals surface area contributed by atoms with Gasteiger partial charge in [-0.2, -0.15) is 0 Å². The Morgan fingerprint density at radius 3 is 2.57 bits per heavy atom. The molecule has 4 unspecified atom stereocenters. The predicted octanol–water partition coefficient (Wildman–Crippen LogP) is 0.742. The Balaban J connectivity index is 1.22. The van der Waals surface area contributed by atoms with Crippen LogP contribution in [-0.2, 0) is 9.59 Å². The number of nitrogens with zero attached hydrogens (tertiary/aromatic N) is 3. The molecule has 0 aliphatic carbocycles. The van der Waals surface area contributed by atoms with Gasteiger partial charge in [0.1, 0.15) is 6.04 Å². The molecule has 185 valence electrons. The molecule has 2 aromatic rings. The molecule has 3 N–H and O–H groups in total. The fourth-order valence-electron chi connectivity index (χ4n) is 5.95. The molecule has 9 nitrogen and oxygen atoms in total. The molecule has 1 radical (unpaired) electrons. The van der Waals surface area contributed by atoms with Gasteiger partial charge in [0, 0.05) is 38.5 Å². The van der Waals surface area contributed by atoms with Crippen LogP contribution in [0.1, 0.15) is 29.0 Å². The number of carbonyl (C=O) groups excluding carboxylic acids is 3. The number of primary amides is 1. The zero-order valence-corrected chi connectivity index (χ0v) is 19.5. The second-order valence-electron chi connectivity index (χ2n) is 9.75. The number of fused-ring (bicyclic) bond motifs is 1. The average molecular weight is 480 g/mol. The fraction of sp³-hybridized carbons (Fsp3) is 0.462. The lowest BCUT2D eigenvalue weighted by Gasteiger charge is -2.30. The monoisotopic (exact) mass is 479 g/mol. The summed E-state index contributed by atoms with van der Waals surface area (Å²) in [5.41, 5.74) is 6.96. The third kappa shape index (κ3) is 4.70. The summed E-state index contributed by atoms with van der Waals surface area (Å²) in [6, 6.07) is 12.1. The maximum Gasteiger partial charge on any atom is 0.290 e. The summed E-state index contributed by atoms with van der Waals surface area (Å²) in [5, 5.41) is 10.2.